The maximum atomic E-state index is 11.1. The quantitative estimate of drug-likeness (QED) is 0.836. The highest BCUT2D eigenvalue weighted by Crippen LogP contribution is 2.27. The lowest BCUT2D eigenvalue weighted by Gasteiger charge is -2.33. The van der Waals surface area contributed by atoms with Gasteiger partial charge >= 0.3 is 5.97 Å². The van der Waals surface area contributed by atoms with Crippen LogP contribution in [0.3, 0.4) is 0 Å². The van der Waals surface area contributed by atoms with E-state index in [1.807, 2.05) is 4.90 Å². The first kappa shape index (κ1) is 15.6. The lowest BCUT2D eigenvalue weighted by Crippen LogP contribution is -2.55. The van der Waals surface area contributed by atoms with Gasteiger partial charge in [-0.15, -0.1) is 0 Å². The lowest BCUT2D eigenvalue weighted by molar-refractivity contribution is -0.144. The number of piperazine rings is 1. The van der Waals surface area contributed by atoms with E-state index in [1.165, 1.54) is 0 Å². The molecule has 0 amide bonds. The third-order valence-corrected chi connectivity index (χ3v) is 4.02. The minimum atomic E-state index is -0.801. The van der Waals surface area contributed by atoms with Crippen LogP contribution in [0.2, 0.25) is 5.02 Å². The SMILES string of the molecule is O=C(O)C1CNCCN1CCOc1ccc(Cl)cc1Br. The Balaban J connectivity index is 1.86. The fourth-order valence-electron chi connectivity index (χ4n) is 2.12. The van der Waals surface area contributed by atoms with Crippen LogP contribution in [-0.4, -0.2) is 54.8 Å². The minimum absolute atomic E-state index is 0.435. The molecule has 0 bridgehead atoms. The van der Waals surface area contributed by atoms with E-state index < -0.39 is 12.0 Å². The number of nitrogens with zero attached hydrogens (tertiary/aromatic N) is 1. The summed E-state index contributed by atoms with van der Waals surface area (Å²) in [6.45, 7) is 2.99. The predicted molar refractivity (Wildman–Crippen MR) is 80.5 cm³/mol. The van der Waals surface area contributed by atoms with Gasteiger partial charge in [-0.1, -0.05) is 11.6 Å². The van der Waals surface area contributed by atoms with E-state index in [9.17, 15) is 4.79 Å². The average Bonchev–Trinajstić information content (AvgIpc) is 2.41. The highest BCUT2D eigenvalue weighted by atomic mass is 79.9. The van der Waals surface area contributed by atoms with E-state index in [0.717, 1.165) is 11.0 Å². The van der Waals surface area contributed by atoms with Gasteiger partial charge in [0.25, 0.3) is 0 Å². The minimum Gasteiger partial charge on any atom is -0.491 e. The third kappa shape index (κ3) is 4.09. The van der Waals surface area contributed by atoms with Gasteiger partial charge in [0.05, 0.1) is 4.47 Å². The van der Waals surface area contributed by atoms with Crippen molar-refractivity contribution in [2.45, 2.75) is 6.04 Å². The largest absolute Gasteiger partial charge is 0.491 e. The predicted octanol–water partition coefficient (Wildman–Crippen LogP) is 1.84. The zero-order chi connectivity index (χ0) is 14.5. The summed E-state index contributed by atoms with van der Waals surface area (Å²) in [5.74, 6) is -0.0960. The molecule has 1 aromatic carbocycles. The molecule has 1 fully saturated rings. The van der Waals surface area contributed by atoms with Gasteiger partial charge in [0.1, 0.15) is 18.4 Å². The van der Waals surface area contributed by atoms with Gasteiger partial charge in [0.15, 0.2) is 0 Å². The van der Waals surface area contributed by atoms with Crippen LogP contribution in [0.5, 0.6) is 5.75 Å². The molecule has 1 unspecified atom stereocenters. The molecule has 110 valence electrons. The van der Waals surface area contributed by atoms with Crippen LogP contribution in [0, 0.1) is 0 Å². The number of carbonyl (C=O) groups is 1. The van der Waals surface area contributed by atoms with Crippen molar-refractivity contribution in [3.8, 4) is 5.75 Å². The van der Waals surface area contributed by atoms with Crippen LogP contribution >= 0.6 is 27.5 Å². The van der Waals surface area contributed by atoms with Crippen molar-refractivity contribution in [2.24, 2.45) is 0 Å². The summed E-state index contributed by atoms with van der Waals surface area (Å²) >= 11 is 9.24. The molecule has 7 heteroatoms. The highest BCUT2D eigenvalue weighted by Gasteiger charge is 2.27. The number of ether oxygens (including phenoxy) is 1. The Bertz CT molecular complexity index is 487. The fraction of sp³-hybridized carbons (Fsp3) is 0.462. The molecule has 2 rings (SSSR count). The molecule has 1 aromatic rings. The second-order valence-electron chi connectivity index (χ2n) is 4.52. The summed E-state index contributed by atoms with van der Waals surface area (Å²) in [7, 11) is 0. The van der Waals surface area contributed by atoms with E-state index >= 15 is 0 Å². The van der Waals surface area contributed by atoms with Gasteiger partial charge in [-0.3, -0.25) is 9.69 Å². The fourth-order valence-corrected chi connectivity index (χ4v) is 2.92. The number of rotatable bonds is 5. The van der Waals surface area contributed by atoms with Crippen molar-refractivity contribution in [1.29, 1.82) is 0 Å². The number of carboxylic acids is 1. The van der Waals surface area contributed by atoms with Crippen LogP contribution < -0.4 is 10.1 Å². The number of nitrogens with one attached hydrogen (secondary N) is 1. The van der Waals surface area contributed by atoms with Crippen molar-refractivity contribution >= 4 is 33.5 Å². The normalized spacial score (nSPS) is 19.8. The van der Waals surface area contributed by atoms with Gasteiger partial charge in [-0.05, 0) is 34.1 Å². The molecule has 0 aromatic heterocycles. The molecule has 1 atom stereocenters. The average molecular weight is 364 g/mol. The Hall–Kier alpha value is -0.820. The summed E-state index contributed by atoms with van der Waals surface area (Å²) in [4.78, 5) is 13.1. The topological polar surface area (TPSA) is 61.8 Å². The summed E-state index contributed by atoms with van der Waals surface area (Å²) in [5, 5.41) is 12.9. The van der Waals surface area contributed by atoms with Crippen molar-refractivity contribution in [2.75, 3.05) is 32.8 Å². The maximum absolute atomic E-state index is 11.1. The zero-order valence-corrected chi connectivity index (χ0v) is 13.2. The second kappa shape index (κ2) is 7.26. The number of hydrogen-bond acceptors (Lipinski definition) is 4. The van der Waals surface area contributed by atoms with E-state index in [1.54, 1.807) is 18.2 Å². The van der Waals surface area contributed by atoms with Gasteiger partial charge in [-0.2, -0.15) is 0 Å². The van der Waals surface area contributed by atoms with Gasteiger partial charge in [0.2, 0.25) is 0 Å². The van der Waals surface area contributed by atoms with Crippen molar-refractivity contribution in [3.63, 3.8) is 0 Å². The number of halogens is 2. The first-order valence-corrected chi connectivity index (χ1v) is 7.50. The molecule has 0 radical (unpaired) electrons. The van der Waals surface area contributed by atoms with Crippen LogP contribution in [0.15, 0.2) is 22.7 Å². The molecule has 0 saturated carbocycles. The first-order valence-electron chi connectivity index (χ1n) is 6.33. The number of hydrogen-bond donors (Lipinski definition) is 2. The third-order valence-electron chi connectivity index (χ3n) is 3.17. The molecular formula is C13H16BrClN2O3. The van der Waals surface area contributed by atoms with Crippen molar-refractivity contribution in [1.82, 2.24) is 10.2 Å². The van der Waals surface area contributed by atoms with Crippen LogP contribution in [0.4, 0.5) is 0 Å². The summed E-state index contributed by atoms with van der Waals surface area (Å²) in [5.41, 5.74) is 0. The van der Waals surface area contributed by atoms with Gasteiger partial charge < -0.3 is 15.2 Å². The van der Waals surface area contributed by atoms with Crippen molar-refractivity contribution in [3.05, 3.63) is 27.7 Å². The maximum Gasteiger partial charge on any atom is 0.322 e. The number of carboxylic acid groups (broad SMARTS) is 1. The molecule has 0 aliphatic carbocycles. The lowest BCUT2D eigenvalue weighted by atomic mass is 10.2. The van der Waals surface area contributed by atoms with E-state index in [4.69, 9.17) is 21.4 Å². The van der Waals surface area contributed by atoms with Crippen LogP contribution in [0.25, 0.3) is 0 Å². The number of benzene rings is 1. The Morgan fingerprint density at radius 1 is 1.60 bits per heavy atom. The summed E-state index contributed by atoms with van der Waals surface area (Å²) in [6.07, 6.45) is 0. The molecule has 1 aliphatic heterocycles. The molecule has 1 aliphatic rings. The van der Waals surface area contributed by atoms with E-state index in [-0.39, 0.29) is 0 Å². The van der Waals surface area contributed by atoms with E-state index in [0.29, 0.717) is 37.0 Å². The van der Waals surface area contributed by atoms with Crippen molar-refractivity contribution < 1.29 is 14.6 Å². The van der Waals surface area contributed by atoms with E-state index in [2.05, 4.69) is 21.2 Å². The smallest absolute Gasteiger partial charge is 0.322 e. The Morgan fingerprint density at radius 3 is 3.10 bits per heavy atom. The Morgan fingerprint density at radius 2 is 2.40 bits per heavy atom. The van der Waals surface area contributed by atoms with Gasteiger partial charge in [-0.25, -0.2) is 0 Å². The monoisotopic (exact) mass is 362 g/mol. The highest BCUT2D eigenvalue weighted by molar-refractivity contribution is 9.10. The van der Waals surface area contributed by atoms with Crippen LogP contribution in [-0.2, 0) is 4.79 Å². The molecule has 0 spiro atoms. The first-order chi connectivity index (χ1) is 9.58. The standard InChI is InChI=1S/C13H16BrClN2O3/c14-10-7-9(15)1-2-12(10)20-6-5-17-4-3-16-8-11(17)13(18)19/h1-2,7,11,16H,3-6,8H2,(H,18,19). The molecule has 5 nitrogen and oxygen atoms in total. The van der Waals surface area contributed by atoms with Gasteiger partial charge in [0, 0.05) is 31.2 Å². The zero-order valence-electron chi connectivity index (χ0n) is 10.8. The number of aliphatic carboxylic acids is 1. The second-order valence-corrected chi connectivity index (χ2v) is 5.81. The molecule has 2 N–H and O–H groups in total. The van der Waals surface area contributed by atoms with Crippen LogP contribution in [0.1, 0.15) is 0 Å². The molecule has 1 saturated heterocycles. The molecular weight excluding hydrogens is 348 g/mol. The summed E-state index contributed by atoms with van der Waals surface area (Å²) in [6, 6.07) is 4.83. The molecule has 20 heavy (non-hydrogen) atoms. The Kier molecular flexibility index (Phi) is 5.65. The molecule has 1 heterocycles. The summed E-state index contributed by atoms with van der Waals surface area (Å²) < 4.78 is 6.45. The Labute approximate surface area is 131 Å².